The van der Waals surface area contributed by atoms with Gasteiger partial charge >= 0.3 is 0 Å². The highest BCUT2D eigenvalue weighted by molar-refractivity contribution is 6.82. The number of rotatable bonds is 4. The monoisotopic (exact) mass is 275 g/mol. The molecule has 0 spiro atoms. The zero-order valence-corrected chi connectivity index (χ0v) is 13.9. The van der Waals surface area contributed by atoms with Crippen LogP contribution in [-0.2, 0) is 0 Å². The molecule has 0 aliphatic rings. The van der Waals surface area contributed by atoms with E-state index in [4.69, 9.17) is 0 Å². The summed E-state index contributed by atoms with van der Waals surface area (Å²) in [5, 5.41) is 1.15. The smallest absolute Gasteiger partial charge is 0.171 e. The second-order valence-electron chi connectivity index (χ2n) is 6.34. The molecule has 0 aliphatic carbocycles. The van der Waals surface area contributed by atoms with E-state index in [9.17, 15) is 0 Å². The summed E-state index contributed by atoms with van der Waals surface area (Å²) in [5.41, 5.74) is 3.15. The predicted octanol–water partition coefficient (Wildman–Crippen LogP) is 4.45. The minimum Gasteiger partial charge on any atom is -0.358 e. The lowest BCUT2D eigenvalue weighted by molar-refractivity contribution is 0.770. The minimum atomic E-state index is -1.69. The lowest BCUT2D eigenvalue weighted by Crippen LogP contribution is -2.51. The summed E-state index contributed by atoms with van der Waals surface area (Å²) < 4.78 is 2.52. The highest BCUT2D eigenvalue weighted by Crippen LogP contribution is 2.43. The van der Waals surface area contributed by atoms with Crippen molar-refractivity contribution in [3.05, 3.63) is 24.8 Å². The fourth-order valence-electron chi connectivity index (χ4n) is 4.03. The summed E-state index contributed by atoms with van der Waals surface area (Å²) in [6.45, 7) is 14.2. The van der Waals surface area contributed by atoms with Crippen LogP contribution in [0.1, 0.15) is 41.5 Å². The van der Waals surface area contributed by atoms with E-state index in [-0.39, 0.29) is 0 Å². The second kappa shape index (κ2) is 5.08. The van der Waals surface area contributed by atoms with Gasteiger partial charge in [-0.15, -0.1) is 0 Å². The molecule has 2 aromatic rings. The molecule has 0 saturated heterocycles. The fraction of sp³-hybridized carbons (Fsp3) is 0.600. The summed E-state index contributed by atoms with van der Waals surface area (Å²) in [4.78, 5) is 8.67. The van der Waals surface area contributed by atoms with Crippen molar-refractivity contribution < 1.29 is 0 Å². The Morgan fingerprint density at radius 1 is 1.00 bits per heavy atom. The molecule has 0 aliphatic heterocycles. The molecular formula is C15H25N3Si. The van der Waals surface area contributed by atoms with E-state index >= 15 is 0 Å². The van der Waals surface area contributed by atoms with Crippen molar-refractivity contribution >= 4 is 19.3 Å². The summed E-state index contributed by atoms with van der Waals surface area (Å²) >= 11 is 0. The predicted molar refractivity (Wildman–Crippen MR) is 84.0 cm³/mol. The Morgan fingerprint density at radius 2 is 1.58 bits per heavy atom. The third kappa shape index (κ3) is 2.02. The van der Waals surface area contributed by atoms with Gasteiger partial charge < -0.3 is 4.23 Å². The third-order valence-corrected chi connectivity index (χ3v) is 11.3. The van der Waals surface area contributed by atoms with Gasteiger partial charge in [-0.3, -0.25) is 0 Å². The first-order chi connectivity index (χ1) is 8.92. The Morgan fingerprint density at radius 3 is 2.11 bits per heavy atom. The number of nitrogens with zero attached hydrogens (tertiary/aromatic N) is 3. The van der Waals surface area contributed by atoms with Gasteiger partial charge in [-0.1, -0.05) is 41.5 Å². The van der Waals surface area contributed by atoms with Crippen LogP contribution in [0.15, 0.2) is 24.8 Å². The number of aromatic nitrogens is 3. The largest absolute Gasteiger partial charge is 0.358 e. The first-order valence-corrected chi connectivity index (χ1v) is 9.37. The van der Waals surface area contributed by atoms with Gasteiger partial charge in [-0.25, -0.2) is 9.97 Å². The van der Waals surface area contributed by atoms with E-state index in [1.54, 1.807) is 6.33 Å². The molecule has 0 aromatic carbocycles. The molecule has 2 aromatic heterocycles. The van der Waals surface area contributed by atoms with Crippen molar-refractivity contribution in [3.8, 4) is 0 Å². The van der Waals surface area contributed by atoms with Gasteiger partial charge in [0.25, 0.3) is 0 Å². The van der Waals surface area contributed by atoms with E-state index in [2.05, 4.69) is 68.0 Å². The van der Waals surface area contributed by atoms with Crippen molar-refractivity contribution in [1.29, 1.82) is 0 Å². The zero-order chi connectivity index (χ0) is 14.2. The average Bonchev–Trinajstić information content (AvgIpc) is 2.73. The van der Waals surface area contributed by atoms with Gasteiger partial charge in [0, 0.05) is 11.6 Å². The quantitative estimate of drug-likeness (QED) is 0.772. The van der Waals surface area contributed by atoms with Crippen LogP contribution in [0.2, 0.25) is 16.6 Å². The van der Waals surface area contributed by atoms with Crippen molar-refractivity contribution in [3.63, 3.8) is 0 Å². The van der Waals surface area contributed by atoms with E-state index in [1.165, 1.54) is 0 Å². The van der Waals surface area contributed by atoms with Crippen LogP contribution < -0.4 is 0 Å². The Hall–Kier alpha value is -1.16. The first kappa shape index (κ1) is 14.3. The molecule has 0 amide bonds. The molecule has 3 nitrogen and oxygen atoms in total. The van der Waals surface area contributed by atoms with Crippen molar-refractivity contribution in [2.24, 2.45) is 0 Å². The van der Waals surface area contributed by atoms with Crippen molar-refractivity contribution in [1.82, 2.24) is 14.2 Å². The Kier molecular flexibility index (Phi) is 3.81. The lowest BCUT2D eigenvalue weighted by atomic mass is 10.4. The molecule has 2 heterocycles. The summed E-state index contributed by atoms with van der Waals surface area (Å²) in [6.07, 6.45) is 5.82. The number of hydrogen-bond donors (Lipinski definition) is 0. The highest BCUT2D eigenvalue weighted by Gasteiger charge is 2.45. The van der Waals surface area contributed by atoms with Crippen LogP contribution in [0.5, 0.6) is 0 Å². The molecular weight excluding hydrogens is 250 g/mol. The minimum absolute atomic E-state index is 0.679. The van der Waals surface area contributed by atoms with Gasteiger partial charge in [-0.2, -0.15) is 0 Å². The molecule has 4 heteroatoms. The first-order valence-electron chi connectivity index (χ1n) is 7.19. The normalized spacial score (nSPS) is 13.1. The maximum Gasteiger partial charge on any atom is 0.171 e. The molecule has 19 heavy (non-hydrogen) atoms. The van der Waals surface area contributed by atoms with Gasteiger partial charge in [-0.05, 0) is 28.9 Å². The van der Waals surface area contributed by atoms with Crippen molar-refractivity contribution in [2.45, 2.75) is 58.2 Å². The van der Waals surface area contributed by atoms with Gasteiger partial charge in [0.15, 0.2) is 8.24 Å². The van der Waals surface area contributed by atoms with Crippen LogP contribution in [0, 0.1) is 0 Å². The maximum atomic E-state index is 4.54. The average molecular weight is 275 g/mol. The SMILES string of the molecule is CC(C)[Si](C(C)C)(C(C)C)n1ccc2cncnc21. The molecule has 0 atom stereocenters. The number of hydrogen-bond acceptors (Lipinski definition) is 2. The summed E-state index contributed by atoms with van der Waals surface area (Å²) in [5.74, 6) is 0. The molecule has 0 N–H and O–H groups in total. The highest BCUT2D eigenvalue weighted by atomic mass is 28.3. The standard InChI is InChI=1S/C15H25N3Si/c1-11(2)19(12(3)4,13(5)6)18-8-7-14-9-16-10-17-15(14)18/h7-13H,1-6H3. The van der Waals surface area contributed by atoms with E-state index in [1.807, 2.05) is 6.20 Å². The molecule has 0 radical (unpaired) electrons. The maximum absolute atomic E-state index is 4.54. The van der Waals surface area contributed by atoms with Gasteiger partial charge in [0.05, 0.1) is 0 Å². The summed E-state index contributed by atoms with van der Waals surface area (Å²) in [7, 11) is -1.69. The molecule has 2 rings (SSSR count). The molecule has 104 valence electrons. The topological polar surface area (TPSA) is 30.7 Å². The van der Waals surface area contributed by atoms with Crippen LogP contribution in [-0.4, -0.2) is 22.4 Å². The van der Waals surface area contributed by atoms with Crippen LogP contribution >= 0.6 is 0 Å². The molecule has 0 fully saturated rings. The second-order valence-corrected chi connectivity index (χ2v) is 12.1. The van der Waals surface area contributed by atoms with Crippen LogP contribution in [0.3, 0.4) is 0 Å². The fourth-order valence-corrected chi connectivity index (χ4v) is 10.6. The van der Waals surface area contributed by atoms with Gasteiger partial charge in [0.1, 0.15) is 12.0 Å². The lowest BCUT2D eigenvalue weighted by Gasteiger charge is -2.44. The Labute approximate surface area is 117 Å². The zero-order valence-electron chi connectivity index (χ0n) is 12.9. The summed E-state index contributed by atoms with van der Waals surface area (Å²) in [6, 6.07) is 2.16. The van der Waals surface area contributed by atoms with Crippen LogP contribution in [0.4, 0.5) is 0 Å². The van der Waals surface area contributed by atoms with Gasteiger partial charge in [0.2, 0.25) is 0 Å². The number of fused-ring (bicyclic) bond motifs is 1. The van der Waals surface area contributed by atoms with Crippen LogP contribution in [0.25, 0.3) is 11.0 Å². The Bertz CT molecular complexity index is 535. The van der Waals surface area contributed by atoms with E-state index in [0.717, 1.165) is 11.0 Å². The van der Waals surface area contributed by atoms with E-state index < -0.39 is 8.24 Å². The third-order valence-electron chi connectivity index (χ3n) is 4.54. The van der Waals surface area contributed by atoms with E-state index in [0.29, 0.717) is 16.6 Å². The molecule has 0 saturated carbocycles. The Balaban J connectivity index is 2.74. The van der Waals surface area contributed by atoms with Crippen molar-refractivity contribution in [2.75, 3.05) is 0 Å². The molecule has 0 unspecified atom stereocenters. The molecule has 0 bridgehead atoms.